The van der Waals surface area contributed by atoms with Gasteiger partial charge in [0.05, 0.1) is 11.4 Å². The summed E-state index contributed by atoms with van der Waals surface area (Å²) in [6, 6.07) is 19.2. The zero-order valence-electron chi connectivity index (χ0n) is 12.5. The summed E-state index contributed by atoms with van der Waals surface area (Å²) in [6.45, 7) is 0. The highest BCUT2D eigenvalue weighted by molar-refractivity contribution is 6.03. The molecule has 4 rings (SSSR count). The molecule has 0 spiro atoms. The lowest BCUT2D eigenvalue weighted by molar-refractivity contribution is 0.102. The minimum atomic E-state index is -0.208. The Balaban J connectivity index is 1.69. The number of rotatable bonds is 4. The molecule has 1 amide bonds. The summed E-state index contributed by atoms with van der Waals surface area (Å²) in [7, 11) is 0. The highest BCUT2D eigenvalue weighted by Gasteiger charge is 2.34. The first-order valence-electron chi connectivity index (χ1n) is 7.70. The normalized spacial score (nSPS) is 13.7. The van der Waals surface area contributed by atoms with Crippen LogP contribution < -0.4 is 5.32 Å². The standard InChI is InChI=1S/C18H16N4O/c23-18(19-14-7-3-1-4-8-14)16-17(13-11-12-13)22(21-20-16)15-9-5-2-6-10-15/h1-10,13H,11-12H2,(H,19,23). The van der Waals surface area contributed by atoms with Crippen LogP contribution in [-0.4, -0.2) is 20.9 Å². The Kier molecular flexibility index (Phi) is 3.38. The Morgan fingerprint density at radius 3 is 2.30 bits per heavy atom. The Bertz CT molecular complexity index is 823. The molecule has 0 unspecified atom stereocenters. The van der Waals surface area contributed by atoms with Crippen molar-refractivity contribution in [3.63, 3.8) is 0 Å². The number of hydrogen-bond acceptors (Lipinski definition) is 3. The molecule has 114 valence electrons. The van der Waals surface area contributed by atoms with Gasteiger partial charge in [-0.05, 0) is 37.1 Å². The van der Waals surface area contributed by atoms with Gasteiger partial charge in [-0.3, -0.25) is 4.79 Å². The van der Waals surface area contributed by atoms with Crippen LogP contribution in [0.25, 0.3) is 5.69 Å². The third kappa shape index (κ3) is 2.73. The second-order valence-electron chi connectivity index (χ2n) is 5.67. The lowest BCUT2D eigenvalue weighted by Crippen LogP contribution is -2.15. The molecule has 0 aliphatic heterocycles. The van der Waals surface area contributed by atoms with E-state index in [-0.39, 0.29) is 5.91 Å². The topological polar surface area (TPSA) is 59.8 Å². The predicted octanol–water partition coefficient (Wildman–Crippen LogP) is 3.40. The van der Waals surface area contributed by atoms with Gasteiger partial charge in [-0.15, -0.1) is 5.10 Å². The SMILES string of the molecule is O=C(Nc1ccccc1)c1nnn(-c2ccccc2)c1C1CC1. The fourth-order valence-electron chi connectivity index (χ4n) is 2.65. The maximum Gasteiger partial charge on any atom is 0.278 e. The van der Waals surface area contributed by atoms with Gasteiger partial charge in [0.1, 0.15) is 0 Å². The molecule has 0 radical (unpaired) electrons. The van der Waals surface area contributed by atoms with Crippen LogP contribution >= 0.6 is 0 Å². The Morgan fingerprint density at radius 2 is 1.65 bits per heavy atom. The van der Waals surface area contributed by atoms with E-state index in [4.69, 9.17) is 0 Å². The number of carbonyl (C=O) groups excluding carboxylic acids is 1. The van der Waals surface area contributed by atoms with Gasteiger partial charge in [0, 0.05) is 11.6 Å². The molecular weight excluding hydrogens is 288 g/mol. The van der Waals surface area contributed by atoms with E-state index in [1.165, 1.54) is 0 Å². The summed E-state index contributed by atoms with van der Waals surface area (Å²) in [5.74, 6) is 0.155. The third-order valence-electron chi connectivity index (χ3n) is 3.92. The van der Waals surface area contributed by atoms with E-state index in [9.17, 15) is 4.79 Å². The summed E-state index contributed by atoms with van der Waals surface area (Å²) in [6.07, 6.45) is 2.15. The number of amides is 1. The van der Waals surface area contributed by atoms with Crippen LogP contribution in [-0.2, 0) is 0 Å². The first kappa shape index (κ1) is 13.7. The molecule has 1 aromatic heterocycles. The fraction of sp³-hybridized carbons (Fsp3) is 0.167. The molecular formula is C18H16N4O. The summed E-state index contributed by atoms with van der Waals surface area (Å²) in [5.41, 5.74) is 3.01. The smallest absolute Gasteiger partial charge is 0.278 e. The van der Waals surface area contributed by atoms with E-state index < -0.39 is 0 Å². The van der Waals surface area contributed by atoms with Crippen molar-refractivity contribution in [3.8, 4) is 5.69 Å². The number of hydrogen-bond donors (Lipinski definition) is 1. The average molecular weight is 304 g/mol. The van der Waals surface area contributed by atoms with Crippen molar-refractivity contribution in [1.82, 2.24) is 15.0 Å². The van der Waals surface area contributed by atoms with Crippen LogP contribution in [0, 0.1) is 0 Å². The molecule has 5 heteroatoms. The van der Waals surface area contributed by atoms with Gasteiger partial charge in [0.2, 0.25) is 0 Å². The van der Waals surface area contributed by atoms with E-state index in [1.54, 1.807) is 4.68 Å². The molecule has 23 heavy (non-hydrogen) atoms. The number of aromatic nitrogens is 3. The number of anilines is 1. The monoisotopic (exact) mass is 304 g/mol. The third-order valence-corrected chi connectivity index (χ3v) is 3.92. The van der Waals surface area contributed by atoms with Crippen molar-refractivity contribution >= 4 is 11.6 Å². The Morgan fingerprint density at radius 1 is 1.00 bits per heavy atom. The largest absolute Gasteiger partial charge is 0.321 e. The average Bonchev–Trinajstić information content (AvgIpc) is 3.34. The number of carbonyl (C=O) groups is 1. The molecule has 1 fully saturated rings. The Hall–Kier alpha value is -2.95. The van der Waals surface area contributed by atoms with E-state index in [1.807, 2.05) is 60.7 Å². The molecule has 0 bridgehead atoms. The van der Waals surface area contributed by atoms with Crippen molar-refractivity contribution in [2.75, 3.05) is 5.32 Å². The summed E-state index contributed by atoms with van der Waals surface area (Å²) < 4.78 is 1.79. The molecule has 1 aliphatic carbocycles. The molecule has 2 aromatic carbocycles. The van der Waals surface area contributed by atoms with Crippen molar-refractivity contribution < 1.29 is 4.79 Å². The summed E-state index contributed by atoms with van der Waals surface area (Å²) in [4.78, 5) is 12.6. The number of nitrogens with zero attached hydrogens (tertiary/aromatic N) is 3. The van der Waals surface area contributed by atoms with Gasteiger partial charge in [-0.25, -0.2) is 4.68 Å². The van der Waals surface area contributed by atoms with Crippen LogP contribution in [0.4, 0.5) is 5.69 Å². The highest BCUT2D eigenvalue weighted by atomic mass is 16.2. The molecule has 0 atom stereocenters. The van der Waals surface area contributed by atoms with Crippen molar-refractivity contribution in [1.29, 1.82) is 0 Å². The van der Waals surface area contributed by atoms with E-state index >= 15 is 0 Å². The molecule has 1 aliphatic rings. The van der Waals surface area contributed by atoms with Crippen molar-refractivity contribution in [2.45, 2.75) is 18.8 Å². The fourth-order valence-corrected chi connectivity index (χ4v) is 2.65. The van der Waals surface area contributed by atoms with Gasteiger partial charge in [-0.1, -0.05) is 41.6 Å². The first-order valence-corrected chi connectivity index (χ1v) is 7.70. The second-order valence-corrected chi connectivity index (χ2v) is 5.67. The van der Waals surface area contributed by atoms with Crippen molar-refractivity contribution in [3.05, 3.63) is 72.1 Å². The van der Waals surface area contributed by atoms with Gasteiger partial charge in [-0.2, -0.15) is 0 Å². The highest BCUT2D eigenvalue weighted by Crippen LogP contribution is 2.42. The zero-order chi connectivity index (χ0) is 15.6. The van der Waals surface area contributed by atoms with Gasteiger partial charge in [0.15, 0.2) is 5.69 Å². The minimum absolute atomic E-state index is 0.208. The molecule has 3 aromatic rings. The van der Waals surface area contributed by atoms with Crippen LogP contribution in [0.3, 0.4) is 0 Å². The van der Waals surface area contributed by atoms with E-state index in [0.717, 1.165) is 29.9 Å². The predicted molar refractivity (Wildman–Crippen MR) is 87.7 cm³/mol. The number of nitrogens with one attached hydrogen (secondary N) is 1. The maximum absolute atomic E-state index is 12.6. The Labute approximate surface area is 134 Å². The van der Waals surface area contributed by atoms with E-state index in [0.29, 0.717) is 11.6 Å². The quantitative estimate of drug-likeness (QED) is 0.803. The minimum Gasteiger partial charge on any atom is -0.321 e. The van der Waals surface area contributed by atoms with Gasteiger partial charge in [0.25, 0.3) is 5.91 Å². The lowest BCUT2D eigenvalue weighted by atomic mass is 10.2. The van der Waals surface area contributed by atoms with Gasteiger partial charge < -0.3 is 5.32 Å². The van der Waals surface area contributed by atoms with E-state index in [2.05, 4.69) is 15.6 Å². The second kappa shape index (κ2) is 5.68. The summed E-state index contributed by atoms with van der Waals surface area (Å²) >= 11 is 0. The zero-order valence-corrected chi connectivity index (χ0v) is 12.5. The first-order chi connectivity index (χ1) is 11.3. The number of benzene rings is 2. The molecule has 1 N–H and O–H groups in total. The molecule has 5 nitrogen and oxygen atoms in total. The summed E-state index contributed by atoms with van der Waals surface area (Å²) in [5, 5.41) is 11.3. The maximum atomic E-state index is 12.6. The number of para-hydroxylation sites is 2. The van der Waals surface area contributed by atoms with Crippen molar-refractivity contribution in [2.24, 2.45) is 0 Å². The molecule has 0 saturated heterocycles. The van der Waals surface area contributed by atoms with Gasteiger partial charge >= 0.3 is 0 Å². The molecule has 1 heterocycles. The van der Waals surface area contributed by atoms with Crippen LogP contribution in [0.5, 0.6) is 0 Å². The lowest BCUT2D eigenvalue weighted by Gasteiger charge is -2.07. The van der Waals surface area contributed by atoms with Crippen LogP contribution in [0.1, 0.15) is 34.9 Å². The molecule has 1 saturated carbocycles. The van der Waals surface area contributed by atoms with Crippen LogP contribution in [0.2, 0.25) is 0 Å². The van der Waals surface area contributed by atoms with Crippen LogP contribution in [0.15, 0.2) is 60.7 Å².